The first-order chi connectivity index (χ1) is 30.7. The number of nitrogens with one attached hydrogen (secondary N) is 1. The van der Waals surface area contributed by atoms with Gasteiger partial charge >= 0.3 is 16.5 Å². The fourth-order valence-electron chi connectivity index (χ4n) is 5.06. The molecule has 5 rings (SSSR count). The van der Waals surface area contributed by atoms with Crippen molar-refractivity contribution in [3.63, 3.8) is 0 Å². The average Bonchev–Trinajstić information content (AvgIpc) is 3.17. The fraction of sp³-hybridized carbons (Fsp3) is 0.0667. The molecule has 67 heavy (non-hydrogen) atoms. The number of aromatic nitrogens is 2. The number of azo groups is 3. The van der Waals surface area contributed by atoms with Crippen LogP contribution >= 0.6 is 0 Å². The second-order valence-corrected chi connectivity index (χ2v) is 21.4. The van der Waals surface area contributed by atoms with E-state index >= 15 is 0 Å². The van der Waals surface area contributed by atoms with Gasteiger partial charge in [-0.1, -0.05) is 0 Å². The number of nitrogens with zero attached hydrogens (tertiary/aromatic N) is 8. The Balaban J connectivity index is 1.72. The SMILES string of the molecule is Nc1c(/N=N/c2cc(Nc3cc(F)nc(F)n3)ccc2S(=O)(=O)O)cc(/N=N/c2cc(S(=O)(=O)O)ccc2S(=O)(=O)O)c(N)c1/N=N/c1ccc(S(=O)(=O)CCOS(=O)(=O)O)cc1S(=O)(=O)O. The summed E-state index contributed by atoms with van der Waals surface area (Å²) >= 11 is 0. The lowest BCUT2D eigenvalue weighted by Crippen LogP contribution is -2.16. The molecule has 358 valence electrons. The topological polar surface area (TPSA) is 479 Å². The number of hydrogen-bond donors (Lipinski definition) is 8. The summed E-state index contributed by atoms with van der Waals surface area (Å²) in [6, 6.07) is 7.32. The van der Waals surface area contributed by atoms with E-state index in [0.29, 0.717) is 42.5 Å². The summed E-state index contributed by atoms with van der Waals surface area (Å²) in [6.07, 6.45) is -1.50. The zero-order valence-corrected chi connectivity index (χ0v) is 37.1. The molecule has 0 amide bonds. The van der Waals surface area contributed by atoms with Crippen LogP contribution in [0.4, 0.5) is 65.8 Å². The van der Waals surface area contributed by atoms with Crippen molar-refractivity contribution in [2.45, 2.75) is 24.5 Å². The van der Waals surface area contributed by atoms with Crippen LogP contribution in [-0.4, -0.2) is 95.6 Å². The molecule has 1 heterocycles. The summed E-state index contributed by atoms with van der Waals surface area (Å²) in [5.74, 6) is -2.95. The van der Waals surface area contributed by atoms with Crippen LogP contribution in [0.3, 0.4) is 0 Å². The van der Waals surface area contributed by atoms with Crippen molar-refractivity contribution >= 4 is 118 Å². The molecule has 0 aliphatic carbocycles. The molecule has 5 aromatic rings. The highest BCUT2D eigenvalue weighted by Crippen LogP contribution is 2.46. The second kappa shape index (κ2) is 19.0. The van der Waals surface area contributed by atoms with E-state index in [1.807, 2.05) is 0 Å². The third-order valence-electron chi connectivity index (χ3n) is 7.96. The van der Waals surface area contributed by atoms with Gasteiger partial charge in [-0.2, -0.15) is 60.8 Å². The Hall–Kier alpha value is -6.52. The van der Waals surface area contributed by atoms with E-state index in [-0.39, 0.29) is 5.69 Å². The average molecular weight is 1060 g/mol. The molecule has 0 spiro atoms. The second-order valence-electron chi connectivity index (χ2n) is 12.6. The molecule has 4 aromatic carbocycles. The number of benzene rings is 4. The molecule has 0 aliphatic rings. The number of nitrogen functional groups attached to an aromatic ring is 2. The Morgan fingerprint density at radius 2 is 1.04 bits per heavy atom. The van der Waals surface area contributed by atoms with Crippen LogP contribution in [0, 0.1) is 12.0 Å². The van der Waals surface area contributed by atoms with E-state index in [1.165, 1.54) is 0 Å². The molecule has 0 atom stereocenters. The van der Waals surface area contributed by atoms with Crippen molar-refractivity contribution in [2.75, 3.05) is 29.1 Å². The van der Waals surface area contributed by atoms with Gasteiger partial charge in [0.25, 0.3) is 40.5 Å². The minimum atomic E-state index is -5.42. The Kier molecular flexibility index (Phi) is 14.6. The summed E-state index contributed by atoms with van der Waals surface area (Å²) in [5.41, 5.74) is 6.16. The zero-order valence-electron chi connectivity index (χ0n) is 32.2. The lowest BCUT2D eigenvalue weighted by atomic mass is 10.2. The van der Waals surface area contributed by atoms with Gasteiger partial charge in [0, 0.05) is 11.8 Å². The highest BCUT2D eigenvalue weighted by atomic mass is 32.3. The van der Waals surface area contributed by atoms with Crippen molar-refractivity contribution in [2.24, 2.45) is 30.7 Å². The normalized spacial score (nSPS) is 13.2. The Labute approximate surface area is 375 Å². The largest absolute Gasteiger partial charge is 0.397 e. The van der Waals surface area contributed by atoms with Crippen molar-refractivity contribution in [3.8, 4) is 0 Å². The highest BCUT2D eigenvalue weighted by molar-refractivity contribution is 7.91. The zero-order chi connectivity index (χ0) is 50.1. The molecule has 0 unspecified atom stereocenters. The smallest absolute Gasteiger partial charge is 0.395 e. The van der Waals surface area contributed by atoms with Crippen LogP contribution < -0.4 is 16.8 Å². The summed E-state index contributed by atoms with van der Waals surface area (Å²) < 4.78 is 224. The quantitative estimate of drug-likeness (QED) is 0.0209. The van der Waals surface area contributed by atoms with Gasteiger partial charge in [-0.3, -0.25) is 22.8 Å². The molecule has 37 heteroatoms. The van der Waals surface area contributed by atoms with Gasteiger partial charge in [0.2, 0.25) is 5.95 Å². The van der Waals surface area contributed by atoms with Crippen LogP contribution in [0.5, 0.6) is 0 Å². The van der Waals surface area contributed by atoms with Crippen molar-refractivity contribution in [1.29, 1.82) is 0 Å². The summed E-state index contributed by atoms with van der Waals surface area (Å²) in [4.78, 5) is 1.06. The van der Waals surface area contributed by atoms with Gasteiger partial charge in [0.15, 0.2) is 9.84 Å². The maximum absolute atomic E-state index is 13.7. The molecule has 0 saturated heterocycles. The third kappa shape index (κ3) is 13.3. The standard InChI is InChI=1S/C30H25F2N11O18S6/c31-25-13-26(37-30(32)36-25)35-14-1-5-22(64(49,50)51)18(9-14)39-41-20-12-21(42-40-19-10-16(63(46,47)48)3-6-23(19)65(52,53)54)28(34)29(27(20)33)43-38-17-4-2-15(11-24(17)66(55,56)57)62(44,45)8-7-61-67(58,59)60/h1-6,9-13H,7-8,33-34H2,(H,35,36,37)(H,46,47,48)(H,49,50,51)(H,52,53,54)(H,55,56,57)(H,58,59,60)/b41-39+,42-40+,43-38+. The molecule has 0 fully saturated rings. The highest BCUT2D eigenvalue weighted by Gasteiger charge is 2.25. The van der Waals surface area contributed by atoms with Crippen LogP contribution in [0.25, 0.3) is 0 Å². The molecular formula is C30H25F2N11O18S6. The molecule has 0 radical (unpaired) electrons. The maximum atomic E-state index is 13.7. The Morgan fingerprint density at radius 3 is 1.57 bits per heavy atom. The number of hydrogen-bond acceptors (Lipinski definition) is 24. The fourth-order valence-corrected chi connectivity index (χ4v) is 9.00. The van der Waals surface area contributed by atoms with Gasteiger partial charge in [-0.15, -0.1) is 30.7 Å². The number of nitrogens with two attached hydrogens (primary N) is 2. The van der Waals surface area contributed by atoms with Gasteiger partial charge in [-0.05, 0) is 60.7 Å². The first-order valence-corrected chi connectivity index (χ1v) is 25.6. The van der Waals surface area contributed by atoms with Gasteiger partial charge < -0.3 is 16.8 Å². The molecule has 0 aliphatic heterocycles. The van der Waals surface area contributed by atoms with E-state index in [2.05, 4.69) is 50.2 Å². The Morgan fingerprint density at radius 1 is 0.537 bits per heavy atom. The first-order valence-electron chi connectivity index (χ1n) is 16.8. The van der Waals surface area contributed by atoms with Crippen LogP contribution in [0.1, 0.15) is 0 Å². The molecule has 1 aromatic heterocycles. The minimum absolute atomic E-state index is 0.185. The van der Waals surface area contributed by atoms with E-state index in [0.717, 1.165) is 24.3 Å². The monoisotopic (exact) mass is 1060 g/mol. The van der Waals surface area contributed by atoms with Crippen molar-refractivity contribution in [3.05, 3.63) is 78.8 Å². The van der Waals surface area contributed by atoms with Gasteiger partial charge in [-0.25, -0.2) is 12.6 Å². The molecule has 0 bridgehead atoms. The number of anilines is 4. The van der Waals surface area contributed by atoms with Crippen LogP contribution in [0.15, 0.2) is 122 Å². The predicted octanol–water partition coefficient (Wildman–Crippen LogP) is 4.49. The van der Waals surface area contributed by atoms with Crippen molar-refractivity contribution in [1.82, 2.24) is 9.97 Å². The van der Waals surface area contributed by atoms with E-state index in [4.69, 9.17) is 16.0 Å². The van der Waals surface area contributed by atoms with E-state index in [9.17, 15) is 77.5 Å². The Bertz CT molecular complexity index is 3620. The lowest BCUT2D eigenvalue weighted by molar-refractivity contribution is 0.284. The van der Waals surface area contributed by atoms with Gasteiger partial charge in [0.1, 0.15) is 54.6 Å². The lowest BCUT2D eigenvalue weighted by Gasteiger charge is -2.11. The molecule has 0 saturated carbocycles. The van der Waals surface area contributed by atoms with E-state index in [1.54, 1.807) is 0 Å². The minimum Gasteiger partial charge on any atom is -0.395 e. The maximum Gasteiger partial charge on any atom is 0.397 e. The van der Waals surface area contributed by atoms with Crippen LogP contribution in [-0.2, 0) is 64.9 Å². The molecule has 29 nitrogen and oxygen atoms in total. The summed E-state index contributed by atoms with van der Waals surface area (Å²) in [6.45, 7) is -1.14. The van der Waals surface area contributed by atoms with Gasteiger partial charge in [0.05, 0.1) is 33.5 Å². The molecular weight excluding hydrogens is 1030 g/mol. The predicted molar refractivity (Wildman–Crippen MR) is 221 cm³/mol. The number of rotatable bonds is 17. The number of halogens is 2. The molecule has 10 N–H and O–H groups in total. The van der Waals surface area contributed by atoms with Crippen LogP contribution in [0.2, 0.25) is 0 Å². The number of sulfone groups is 1. The third-order valence-corrected chi connectivity index (χ3v) is 13.6. The summed E-state index contributed by atoms with van der Waals surface area (Å²) in [7, 11) is -30.5. The van der Waals surface area contributed by atoms with E-state index < -0.39 is 161 Å². The first kappa shape index (κ1) is 51.5. The van der Waals surface area contributed by atoms with Crippen molar-refractivity contribution < 1.29 is 86.2 Å². The summed E-state index contributed by atoms with van der Waals surface area (Å²) in [5, 5.41) is 24.7.